The molecule has 0 fully saturated rings. The zero-order chi connectivity index (χ0) is 17.7. The fourth-order valence-electron chi connectivity index (χ4n) is 2.15. The number of carboxylic acid groups (broad SMARTS) is 1. The first-order chi connectivity index (χ1) is 11.4. The van der Waals surface area contributed by atoms with E-state index in [9.17, 15) is 14.4 Å². The molecule has 2 rings (SSSR count). The van der Waals surface area contributed by atoms with Gasteiger partial charge < -0.3 is 15.7 Å². The maximum atomic E-state index is 12.3. The molecule has 6 nitrogen and oxygen atoms in total. The molecule has 0 atom stereocenters. The Balaban J connectivity index is 2.14. The van der Waals surface area contributed by atoms with Crippen LogP contribution in [0.3, 0.4) is 0 Å². The third-order valence-electron chi connectivity index (χ3n) is 3.56. The molecule has 2 aromatic carbocycles. The number of benzene rings is 2. The van der Waals surface area contributed by atoms with Gasteiger partial charge in [0.25, 0.3) is 5.91 Å². The summed E-state index contributed by atoms with van der Waals surface area (Å²) >= 11 is 0. The van der Waals surface area contributed by atoms with Crippen LogP contribution < -0.4 is 10.6 Å². The molecule has 3 N–H and O–H groups in total. The van der Waals surface area contributed by atoms with Crippen LogP contribution in [0.5, 0.6) is 0 Å². The molecule has 124 valence electrons. The van der Waals surface area contributed by atoms with E-state index in [4.69, 9.17) is 5.11 Å². The Hall–Kier alpha value is -3.15. The molecule has 2 amide bonds. The quantitative estimate of drug-likeness (QED) is 0.785. The van der Waals surface area contributed by atoms with Crippen LogP contribution in [-0.2, 0) is 4.79 Å². The molecule has 0 aliphatic carbocycles. The number of carbonyl (C=O) groups excluding carboxylic acids is 2. The molecule has 0 heterocycles. The lowest BCUT2D eigenvalue weighted by molar-refractivity contribution is -0.115. The number of hydrogen-bond donors (Lipinski definition) is 3. The van der Waals surface area contributed by atoms with Gasteiger partial charge in [-0.2, -0.15) is 0 Å². The van der Waals surface area contributed by atoms with Crippen molar-refractivity contribution in [1.82, 2.24) is 0 Å². The summed E-state index contributed by atoms with van der Waals surface area (Å²) in [6.45, 7) is 3.40. The number of anilines is 2. The first kappa shape index (κ1) is 17.2. The first-order valence-electron chi connectivity index (χ1n) is 7.46. The number of aromatic carboxylic acids is 1. The van der Waals surface area contributed by atoms with Crippen LogP contribution in [0, 0.1) is 6.92 Å². The highest BCUT2D eigenvalue weighted by molar-refractivity contribution is 6.06. The Labute approximate surface area is 139 Å². The zero-order valence-electron chi connectivity index (χ0n) is 13.4. The average molecular weight is 326 g/mol. The predicted molar refractivity (Wildman–Crippen MR) is 91.5 cm³/mol. The lowest BCUT2D eigenvalue weighted by Gasteiger charge is -2.11. The normalized spacial score (nSPS) is 10.1. The van der Waals surface area contributed by atoms with E-state index in [0.29, 0.717) is 28.9 Å². The Morgan fingerprint density at radius 1 is 1.00 bits per heavy atom. The van der Waals surface area contributed by atoms with Gasteiger partial charge in [0.05, 0.1) is 5.56 Å². The fraction of sp³-hybridized carbons (Fsp3) is 0.167. The van der Waals surface area contributed by atoms with Gasteiger partial charge in [-0.15, -0.1) is 0 Å². The second kappa shape index (κ2) is 7.41. The van der Waals surface area contributed by atoms with Gasteiger partial charge in [-0.3, -0.25) is 9.59 Å². The highest BCUT2D eigenvalue weighted by Crippen LogP contribution is 2.20. The topological polar surface area (TPSA) is 95.5 Å². The van der Waals surface area contributed by atoms with Crippen molar-refractivity contribution in [3.8, 4) is 0 Å². The SMILES string of the molecule is CCC(=O)Nc1ccc(C(=O)Nc2cccc(C(=O)O)c2C)cc1. The lowest BCUT2D eigenvalue weighted by atomic mass is 10.1. The Kier molecular flexibility index (Phi) is 5.31. The van der Waals surface area contributed by atoms with Gasteiger partial charge in [-0.25, -0.2) is 4.79 Å². The molecule has 0 radical (unpaired) electrons. The van der Waals surface area contributed by atoms with E-state index in [2.05, 4.69) is 10.6 Å². The van der Waals surface area contributed by atoms with Gasteiger partial charge in [-0.1, -0.05) is 13.0 Å². The summed E-state index contributed by atoms with van der Waals surface area (Å²) in [5.74, 6) is -1.50. The van der Waals surface area contributed by atoms with E-state index in [-0.39, 0.29) is 17.4 Å². The van der Waals surface area contributed by atoms with Crippen LogP contribution in [0.1, 0.15) is 39.6 Å². The van der Waals surface area contributed by atoms with Crippen LogP contribution >= 0.6 is 0 Å². The average Bonchev–Trinajstić information content (AvgIpc) is 2.57. The molecule has 0 saturated heterocycles. The minimum absolute atomic E-state index is 0.103. The Morgan fingerprint density at radius 2 is 1.67 bits per heavy atom. The Morgan fingerprint density at radius 3 is 2.25 bits per heavy atom. The second-order valence-electron chi connectivity index (χ2n) is 5.22. The standard InChI is InChI=1S/C18H18N2O4/c1-3-16(21)19-13-9-7-12(8-10-13)17(22)20-15-6-4-5-14(11(15)2)18(23)24/h4-10H,3H2,1-2H3,(H,19,21)(H,20,22)(H,23,24). The smallest absolute Gasteiger partial charge is 0.336 e. The van der Waals surface area contributed by atoms with Gasteiger partial charge in [0.15, 0.2) is 0 Å². The minimum Gasteiger partial charge on any atom is -0.478 e. The van der Waals surface area contributed by atoms with Gasteiger partial charge in [0, 0.05) is 23.4 Å². The van der Waals surface area contributed by atoms with E-state index < -0.39 is 5.97 Å². The van der Waals surface area contributed by atoms with E-state index >= 15 is 0 Å². The lowest BCUT2D eigenvalue weighted by Crippen LogP contribution is -2.14. The van der Waals surface area contributed by atoms with Crippen molar-refractivity contribution in [3.63, 3.8) is 0 Å². The Bertz CT molecular complexity index is 782. The fourth-order valence-corrected chi connectivity index (χ4v) is 2.15. The summed E-state index contributed by atoms with van der Waals surface area (Å²) in [7, 11) is 0. The molecule has 6 heteroatoms. The highest BCUT2D eigenvalue weighted by Gasteiger charge is 2.13. The van der Waals surface area contributed by atoms with Crippen molar-refractivity contribution in [2.24, 2.45) is 0 Å². The maximum Gasteiger partial charge on any atom is 0.336 e. The minimum atomic E-state index is -1.04. The molecular weight excluding hydrogens is 308 g/mol. The van der Waals surface area contributed by atoms with Crippen LogP contribution in [-0.4, -0.2) is 22.9 Å². The van der Waals surface area contributed by atoms with Crippen LogP contribution in [0.25, 0.3) is 0 Å². The van der Waals surface area contributed by atoms with Crippen molar-refractivity contribution in [1.29, 1.82) is 0 Å². The summed E-state index contributed by atoms with van der Waals surface area (Å²) in [5.41, 5.74) is 2.10. The summed E-state index contributed by atoms with van der Waals surface area (Å²) in [4.78, 5) is 34.8. The monoisotopic (exact) mass is 326 g/mol. The summed E-state index contributed by atoms with van der Waals surface area (Å²) in [6.07, 6.45) is 0.376. The van der Waals surface area contributed by atoms with Gasteiger partial charge >= 0.3 is 5.97 Å². The second-order valence-corrected chi connectivity index (χ2v) is 5.22. The number of hydrogen-bond acceptors (Lipinski definition) is 3. The number of nitrogens with one attached hydrogen (secondary N) is 2. The molecule has 0 aliphatic rings. The van der Waals surface area contributed by atoms with Gasteiger partial charge in [0.1, 0.15) is 0 Å². The molecule has 0 bridgehead atoms. The van der Waals surface area contributed by atoms with Crippen molar-refractivity contribution in [2.75, 3.05) is 10.6 Å². The number of amides is 2. The largest absolute Gasteiger partial charge is 0.478 e. The molecule has 0 spiro atoms. The van der Waals surface area contributed by atoms with Crippen molar-refractivity contribution in [2.45, 2.75) is 20.3 Å². The van der Waals surface area contributed by atoms with Crippen molar-refractivity contribution >= 4 is 29.2 Å². The summed E-state index contributed by atoms with van der Waals surface area (Å²) in [5, 5.41) is 14.5. The third kappa shape index (κ3) is 3.98. The molecule has 0 aromatic heterocycles. The molecule has 0 unspecified atom stereocenters. The van der Waals surface area contributed by atoms with E-state index in [1.54, 1.807) is 50.2 Å². The molecule has 24 heavy (non-hydrogen) atoms. The molecular formula is C18H18N2O4. The zero-order valence-corrected chi connectivity index (χ0v) is 13.4. The van der Waals surface area contributed by atoms with E-state index in [1.807, 2.05) is 0 Å². The van der Waals surface area contributed by atoms with Crippen molar-refractivity contribution < 1.29 is 19.5 Å². The molecule has 0 saturated carbocycles. The molecule has 0 aliphatic heterocycles. The predicted octanol–water partition coefficient (Wildman–Crippen LogP) is 3.29. The van der Waals surface area contributed by atoms with Crippen LogP contribution in [0.4, 0.5) is 11.4 Å². The van der Waals surface area contributed by atoms with Crippen LogP contribution in [0.2, 0.25) is 0 Å². The highest BCUT2D eigenvalue weighted by atomic mass is 16.4. The first-order valence-corrected chi connectivity index (χ1v) is 7.46. The maximum absolute atomic E-state index is 12.3. The van der Waals surface area contributed by atoms with Crippen LogP contribution in [0.15, 0.2) is 42.5 Å². The van der Waals surface area contributed by atoms with Crippen molar-refractivity contribution in [3.05, 3.63) is 59.2 Å². The van der Waals surface area contributed by atoms with E-state index in [0.717, 1.165) is 0 Å². The van der Waals surface area contributed by atoms with Gasteiger partial charge in [-0.05, 0) is 48.9 Å². The number of rotatable bonds is 5. The summed E-state index contributed by atoms with van der Waals surface area (Å²) in [6, 6.07) is 11.2. The molecule has 2 aromatic rings. The number of carbonyl (C=O) groups is 3. The summed E-state index contributed by atoms with van der Waals surface area (Å²) < 4.78 is 0. The third-order valence-corrected chi connectivity index (χ3v) is 3.56. The van der Waals surface area contributed by atoms with E-state index in [1.165, 1.54) is 6.07 Å². The number of carboxylic acids is 1. The van der Waals surface area contributed by atoms with Gasteiger partial charge in [0.2, 0.25) is 5.91 Å².